The summed E-state index contributed by atoms with van der Waals surface area (Å²) >= 11 is 1.99. The van der Waals surface area contributed by atoms with Gasteiger partial charge in [0.05, 0.1) is 16.5 Å². The van der Waals surface area contributed by atoms with Crippen molar-refractivity contribution < 1.29 is 23.0 Å². The number of aromatic nitrogens is 3. The van der Waals surface area contributed by atoms with Crippen LogP contribution in [-0.4, -0.2) is 80.0 Å². The van der Waals surface area contributed by atoms with Gasteiger partial charge < -0.3 is 14.7 Å². The standard InChI is InChI=1S/C33H30F3N5O2S/c1-2-23-26(35)7-4-18-10-20(42)11-24(27(18)23)29-28(36)30-25(13-37-29)31(40-15-21-5-6-22(16-40)44-21)39-32(38-30)43-17-33-8-3-9-41(33)14-19(34)12-33/h1,4,7,10-11,13,19,21-22,42H,3,5-6,8-9,12,14-17H2/t19-,21-,22+,33+/m1/s1. The molecule has 2 bridgehead atoms. The van der Waals surface area contributed by atoms with E-state index in [0.717, 1.165) is 45.3 Å². The van der Waals surface area contributed by atoms with Gasteiger partial charge in [-0.25, -0.2) is 13.2 Å². The molecule has 1 N–H and O–H groups in total. The fraction of sp³-hybridized carbons (Fsp3) is 0.424. The van der Waals surface area contributed by atoms with E-state index in [-0.39, 0.29) is 46.1 Å². The summed E-state index contributed by atoms with van der Waals surface area (Å²) in [6, 6.07) is 5.51. The molecule has 4 atom stereocenters. The van der Waals surface area contributed by atoms with E-state index >= 15 is 4.39 Å². The third-order valence-electron chi connectivity index (χ3n) is 9.67. The molecule has 4 saturated heterocycles. The van der Waals surface area contributed by atoms with Gasteiger partial charge in [-0.3, -0.25) is 9.88 Å². The van der Waals surface area contributed by atoms with E-state index in [1.54, 1.807) is 0 Å². The molecule has 0 spiro atoms. The number of ether oxygens (including phenoxy) is 1. The number of benzene rings is 2. The third kappa shape index (κ3) is 4.45. The maximum absolute atomic E-state index is 16.7. The molecule has 6 heterocycles. The summed E-state index contributed by atoms with van der Waals surface area (Å²) in [5.41, 5.74) is -0.428. The van der Waals surface area contributed by atoms with Gasteiger partial charge in [0, 0.05) is 53.7 Å². The molecule has 11 heteroatoms. The van der Waals surface area contributed by atoms with Crippen LogP contribution in [0.3, 0.4) is 0 Å². The van der Waals surface area contributed by atoms with Crippen LogP contribution < -0.4 is 9.64 Å². The highest BCUT2D eigenvalue weighted by molar-refractivity contribution is 8.00. The summed E-state index contributed by atoms with van der Waals surface area (Å²) in [6.45, 7) is 2.95. The Hall–Kier alpha value is -3.75. The van der Waals surface area contributed by atoms with Crippen LogP contribution in [0.4, 0.5) is 19.0 Å². The Kier molecular flexibility index (Phi) is 6.58. The fourth-order valence-corrected chi connectivity index (χ4v) is 9.32. The molecular formula is C33H30F3N5O2S. The van der Waals surface area contributed by atoms with Crippen molar-refractivity contribution in [1.29, 1.82) is 0 Å². The zero-order chi connectivity index (χ0) is 30.2. The molecule has 44 heavy (non-hydrogen) atoms. The zero-order valence-corrected chi connectivity index (χ0v) is 24.7. The summed E-state index contributed by atoms with van der Waals surface area (Å²) in [4.78, 5) is 18.2. The lowest BCUT2D eigenvalue weighted by molar-refractivity contribution is 0.107. The van der Waals surface area contributed by atoms with Gasteiger partial charge >= 0.3 is 6.01 Å². The maximum atomic E-state index is 16.7. The SMILES string of the molecule is C#Cc1c(F)ccc2cc(O)cc(-c3ncc4c(N5C[C@H]6CC[C@@H](C5)S6)nc(OC[C@@]56CCCN5C[C@H](F)C6)nc4c3F)c12. The van der Waals surface area contributed by atoms with E-state index in [1.165, 1.54) is 30.5 Å². The maximum Gasteiger partial charge on any atom is 0.319 e. The number of alkyl halides is 1. The molecule has 0 unspecified atom stereocenters. The number of phenols is 1. The van der Waals surface area contributed by atoms with Crippen molar-refractivity contribution in [2.75, 3.05) is 37.7 Å². The van der Waals surface area contributed by atoms with Crippen LogP contribution in [0, 0.1) is 24.0 Å². The molecule has 0 saturated carbocycles. The van der Waals surface area contributed by atoms with Crippen LogP contribution in [-0.2, 0) is 0 Å². The van der Waals surface area contributed by atoms with E-state index in [9.17, 15) is 13.9 Å². The smallest absolute Gasteiger partial charge is 0.319 e. The molecular weight excluding hydrogens is 587 g/mol. The lowest BCUT2D eigenvalue weighted by Gasteiger charge is -2.33. The molecule has 2 aromatic heterocycles. The molecule has 0 radical (unpaired) electrons. The molecule has 4 aliphatic heterocycles. The number of terminal acetylenes is 1. The second kappa shape index (κ2) is 10.4. The molecule has 4 aromatic rings. The summed E-state index contributed by atoms with van der Waals surface area (Å²) < 4.78 is 52.2. The number of hydrogen-bond acceptors (Lipinski definition) is 8. The predicted octanol–water partition coefficient (Wildman–Crippen LogP) is 5.85. The van der Waals surface area contributed by atoms with Gasteiger partial charge in [0.1, 0.15) is 41.4 Å². The number of nitrogens with zero attached hydrogens (tertiary/aromatic N) is 5. The minimum atomic E-state index is -0.908. The molecule has 4 fully saturated rings. The number of halogens is 3. The normalized spacial score (nSPS) is 26.4. The highest BCUT2D eigenvalue weighted by Gasteiger charge is 2.49. The van der Waals surface area contributed by atoms with Crippen molar-refractivity contribution >= 4 is 39.3 Å². The van der Waals surface area contributed by atoms with Crippen molar-refractivity contribution in [2.45, 2.75) is 54.3 Å². The number of hydrogen-bond donors (Lipinski definition) is 1. The number of pyridine rings is 1. The van der Waals surface area contributed by atoms with E-state index < -0.39 is 23.3 Å². The highest BCUT2D eigenvalue weighted by atomic mass is 32.2. The molecule has 7 nitrogen and oxygen atoms in total. The van der Waals surface area contributed by atoms with Gasteiger partial charge in [0.15, 0.2) is 5.82 Å². The van der Waals surface area contributed by atoms with Gasteiger partial charge in [-0.05, 0) is 55.8 Å². The molecule has 2 aromatic carbocycles. The predicted molar refractivity (Wildman–Crippen MR) is 165 cm³/mol. The number of anilines is 1. The summed E-state index contributed by atoms with van der Waals surface area (Å²) in [7, 11) is 0. The van der Waals surface area contributed by atoms with Crippen LogP contribution in [0.15, 0.2) is 30.5 Å². The lowest BCUT2D eigenvalue weighted by atomic mass is 9.95. The van der Waals surface area contributed by atoms with Gasteiger partial charge in [-0.15, -0.1) is 6.42 Å². The van der Waals surface area contributed by atoms with Crippen molar-refractivity contribution in [3.05, 3.63) is 47.7 Å². The molecule has 226 valence electrons. The summed E-state index contributed by atoms with van der Waals surface area (Å²) in [5.74, 6) is 1.40. The van der Waals surface area contributed by atoms with Crippen molar-refractivity contribution in [2.24, 2.45) is 0 Å². The quantitative estimate of drug-likeness (QED) is 0.280. The Morgan fingerprint density at radius 2 is 1.95 bits per heavy atom. The Labute approximate surface area is 256 Å². The highest BCUT2D eigenvalue weighted by Crippen LogP contribution is 2.44. The first-order valence-corrected chi connectivity index (χ1v) is 16.0. The molecule has 8 rings (SSSR count). The van der Waals surface area contributed by atoms with Gasteiger partial charge in [0.2, 0.25) is 0 Å². The second-order valence-corrected chi connectivity index (χ2v) is 14.0. The molecule has 4 aliphatic rings. The van der Waals surface area contributed by atoms with Crippen LogP contribution in [0.25, 0.3) is 32.9 Å². The van der Waals surface area contributed by atoms with Gasteiger partial charge in [-0.1, -0.05) is 12.0 Å². The van der Waals surface area contributed by atoms with Crippen LogP contribution in [0.1, 0.15) is 37.7 Å². The fourth-order valence-electron chi connectivity index (χ4n) is 7.70. The minimum Gasteiger partial charge on any atom is -0.508 e. The number of phenolic OH excluding ortho intramolecular Hbond substituents is 1. The van der Waals surface area contributed by atoms with Crippen LogP contribution in [0.5, 0.6) is 11.8 Å². The second-order valence-electron chi connectivity index (χ2n) is 12.4. The molecule has 0 amide bonds. The average Bonchev–Trinajstić information content (AvgIpc) is 3.66. The van der Waals surface area contributed by atoms with E-state index in [0.29, 0.717) is 40.1 Å². The first kappa shape index (κ1) is 27.8. The average molecular weight is 618 g/mol. The largest absolute Gasteiger partial charge is 0.508 e. The van der Waals surface area contributed by atoms with Crippen molar-refractivity contribution in [1.82, 2.24) is 19.9 Å². The van der Waals surface area contributed by atoms with E-state index in [1.807, 2.05) is 11.8 Å². The lowest BCUT2D eigenvalue weighted by Crippen LogP contribution is -2.43. The van der Waals surface area contributed by atoms with Crippen LogP contribution >= 0.6 is 11.8 Å². The number of thioether (sulfide) groups is 1. The first-order valence-electron chi connectivity index (χ1n) is 15.0. The van der Waals surface area contributed by atoms with E-state index in [4.69, 9.17) is 16.1 Å². The topological polar surface area (TPSA) is 74.6 Å². The van der Waals surface area contributed by atoms with Gasteiger partial charge in [-0.2, -0.15) is 21.7 Å². The minimum absolute atomic E-state index is 0.00583. The first-order chi connectivity index (χ1) is 21.3. The zero-order valence-electron chi connectivity index (χ0n) is 23.9. The Bertz CT molecular complexity index is 1860. The number of aromatic hydroxyl groups is 1. The third-order valence-corrected chi connectivity index (χ3v) is 11.2. The van der Waals surface area contributed by atoms with Crippen molar-refractivity contribution in [3.63, 3.8) is 0 Å². The summed E-state index contributed by atoms with van der Waals surface area (Å²) in [6.07, 6.45) is 10.7. The van der Waals surface area contributed by atoms with E-state index in [2.05, 4.69) is 25.7 Å². The number of rotatable bonds is 5. The van der Waals surface area contributed by atoms with Gasteiger partial charge in [0.25, 0.3) is 0 Å². The van der Waals surface area contributed by atoms with Crippen LogP contribution in [0.2, 0.25) is 0 Å². The van der Waals surface area contributed by atoms with Crippen molar-refractivity contribution in [3.8, 4) is 35.4 Å². The summed E-state index contributed by atoms with van der Waals surface area (Å²) in [5, 5.41) is 12.6. The Balaban J connectivity index is 1.28. The monoisotopic (exact) mass is 617 g/mol. The number of fused-ring (bicyclic) bond motifs is 5. The Morgan fingerprint density at radius 3 is 2.75 bits per heavy atom. The molecule has 0 aliphatic carbocycles. The Morgan fingerprint density at radius 1 is 1.14 bits per heavy atom.